The zero-order chi connectivity index (χ0) is 13.8. The van der Waals surface area contributed by atoms with Crippen molar-refractivity contribution >= 4 is 12.2 Å². The molecule has 0 radical (unpaired) electrons. The van der Waals surface area contributed by atoms with E-state index >= 15 is 0 Å². The number of imidazole rings is 1. The van der Waals surface area contributed by atoms with Gasteiger partial charge in [0.25, 0.3) is 0 Å². The first-order chi connectivity index (χ1) is 8.40. The van der Waals surface area contributed by atoms with Gasteiger partial charge in [0, 0.05) is 30.4 Å². The summed E-state index contributed by atoms with van der Waals surface area (Å²) in [4.78, 5) is 5.65. The molecule has 1 aromatic heterocycles. The van der Waals surface area contributed by atoms with Crippen LogP contribution < -0.4 is 0 Å². The average molecular weight is 269 g/mol. The third-order valence-electron chi connectivity index (χ3n) is 3.26. The molecule has 1 heterocycles. The first-order valence-electron chi connectivity index (χ1n) is 6.91. The van der Waals surface area contributed by atoms with E-state index < -0.39 is 0 Å². The predicted molar refractivity (Wildman–Crippen MR) is 80.7 cm³/mol. The highest BCUT2D eigenvalue weighted by Gasteiger charge is 2.19. The van der Waals surface area contributed by atoms with Gasteiger partial charge in [0.15, 0.2) is 4.77 Å². The van der Waals surface area contributed by atoms with Crippen LogP contribution in [0.1, 0.15) is 46.7 Å². The Morgan fingerprint density at radius 3 is 2.44 bits per heavy atom. The van der Waals surface area contributed by atoms with Gasteiger partial charge in [0.1, 0.15) is 0 Å². The Balaban J connectivity index is 2.78. The SMILES string of the molecule is CCCN(CC)CCn1c(C(C)(C)C)c[nH]c1=S. The Labute approximate surface area is 116 Å². The molecule has 0 fully saturated rings. The van der Waals surface area contributed by atoms with Gasteiger partial charge in [-0.3, -0.25) is 0 Å². The van der Waals surface area contributed by atoms with Crippen LogP contribution in [0.25, 0.3) is 0 Å². The van der Waals surface area contributed by atoms with Crippen LogP contribution in [0.4, 0.5) is 0 Å². The van der Waals surface area contributed by atoms with Crippen LogP contribution in [0.15, 0.2) is 6.20 Å². The lowest BCUT2D eigenvalue weighted by Gasteiger charge is -2.24. The molecule has 1 N–H and O–H groups in total. The summed E-state index contributed by atoms with van der Waals surface area (Å²) in [6.07, 6.45) is 3.26. The first kappa shape index (κ1) is 15.4. The monoisotopic (exact) mass is 269 g/mol. The van der Waals surface area contributed by atoms with Gasteiger partial charge >= 0.3 is 0 Å². The van der Waals surface area contributed by atoms with E-state index in [4.69, 9.17) is 12.2 Å². The van der Waals surface area contributed by atoms with Crippen molar-refractivity contribution in [2.24, 2.45) is 0 Å². The number of H-pyrrole nitrogens is 1. The van der Waals surface area contributed by atoms with Crippen molar-refractivity contribution in [3.05, 3.63) is 16.7 Å². The highest BCUT2D eigenvalue weighted by atomic mass is 32.1. The molecule has 0 aromatic carbocycles. The maximum absolute atomic E-state index is 5.38. The molecule has 18 heavy (non-hydrogen) atoms. The average Bonchev–Trinajstić information content (AvgIpc) is 2.65. The second-order valence-electron chi connectivity index (χ2n) is 5.81. The van der Waals surface area contributed by atoms with E-state index in [2.05, 4.69) is 55.3 Å². The molecule has 0 amide bonds. The summed E-state index contributed by atoms with van der Waals surface area (Å²) < 4.78 is 3.08. The number of likely N-dealkylation sites (N-methyl/N-ethyl adjacent to an activating group) is 1. The van der Waals surface area contributed by atoms with Gasteiger partial charge in [-0.2, -0.15) is 0 Å². The fourth-order valence-corrected chi connectivity index (χ4v) is 2.47. The molecule has 0 atom stereocenters. The highest BCUT2D eigenvalue weighted by molar-refractivity contribution is 7.71. The normalized spacial score (nSPS) is 12.3. The summed E-state index contributed by atoms with van der Waals surface area (Å²) >= 11 is 5.38. The third kappa shape index (κ3) is 3.95. The molecule has 0 spiro atoms. The Morgan fingerprint density at radius 2 is 1.94 bits per heavy atom. The number of aromatic amines is 1. The number of nitrogens with one attached hydrogen (secondary N) is 1. The Kier molecular flexibility index (Phi) is 5.60. The van der Waals surface area contributed by atoms with Crippen LogP contribution in [0.5, 0.6) is 0 Å². The van der Waals surface area contributed by atoms with E-state index in [-0.39, 0.29) is 5.41 Å². The van der Waals surface area contributed by atoms with Gasteiger partial charge < -0.3 is 14.5 Å². The summed E-state index contributed by atoms with van der Waals surface area (Å²) in [5.74, 6) is 0. The minimum atomic E-state index is 0.134. The molecule has 0 aliphatic carbocycles. The van der Waals surface area contributed by atoms with Gasteiger partial charge in [-0.15, -0.1) is 0 Å². The van der Waals surface area contributed by atoms with Gasteiger partial charge in [0.2, 0.25) is 0 Å². The zero-order valence-electron chi connectivity index (χ0n) is 12.4. The van der Waals surface area contributed by atoms with E-state index in [0.29, 0.717) is 0 Å². The lowest BCUT2D eigenvalue weighted by Crippen LogP contribution is -2.29. The van der Waals surface area contributed by atoms with Crippen molar-refractivity contribution < 1.29 is 0 Å². The molecule has 0 bridgehead atoms. The Hall–Kier alpha value is -0.610. The van der Waals surface area contributed by atoms with Crippen molar-refractivity contribution in [3.8, 4) is 0 Å². The second kappa shape index (κ2) is 6.53. The molecule has 4 heteroatoms. The molecule has 0 aliphatic heterocycles. The van der Waals surface area contributed by atoms with Crippen molar-refractivity contribution in [3.63, 3.8) is 0 Å². The van der Waals surface area contributed by atoms with Crippen molar-refractivity contribution in [1.29, 1.82) is 0 Å². The summed E-state index contributed by atoms with van der Waals surface area (Å²) in [5, 5.41) is 0. The third-order valence-corrected chi connectivity index (χ3v) is 3.60. The number of aromatic nitrogens is 2. The quantitative estimate of drug-likeness (QED) is 0.798. The Bertz CT molecular complexity index is 411. The second-order valence-corrected chi connectivity index (χ2v) is 6.20. The lowest BCUT2D eigenvalue weighted by molar-refractivity contribution is 0.273. The molecule has 0 saturated carbocycles. The largest absolute Gasteiger partial charge is 0.337 e. The summed E-state index contributed by atoms with van der Waals surface area (Å²) in [6, 6.07) is 0. The van der Waals surface area contributed by atoms with Crippen LogP contribution in [-0.2, 0) is 12.0 Å². The van der Waals surface area contributed by atoms with Crippen LogP contribution in [-0.4, -0.2) is 34.1 Å². The number of nitrogens with zero attached hydrogens (tertiary/aromatic N) is 2. The fraction of sp³-hybridized carbons (Fsp3) is 0.786. The van der Waals surface area contributed by atoms with Crippen LogP contribution in [0.3, 0.4) is 0 Å². The molecule has 1 aromatic rings. The number of hydrogen-bond acceptors (Lipinski definition) is 2. The van der Waals surface area contributed by atoms with E-state index in [9.17, 15) is 0 Å². The van der Waals surface area contributed by atoms with Gasteiger partial charge in [-0.05, 0) is 31.7 Å². The van der Waals surface area contributed by atoms with Gasteiger partial charge in [-0.25, -0.2) is 0 Å². The molecular weight excluding hydrogens is 242 g/mol. The molecule has 0 aliphatic rings. The summed E-state index contributed by atoms with van der Waals surface area (Å²) in [6.45, 7) is 15.4. The number of rotatable bonds is 6. The van der Waals surface area contributed by atoms with E-state index in [0.717, 1.165) is 24.4 Å². The van der Waals surface area contributed by atoms with E-state index in [1.54, 1.807) is 0 Å². The molecular formula is C14H27N3S. The van der Waals surface area contributed by atoms with Crippen LogP contribution in [0.2, 0.25) is 0 Å². The minimum absolute atomic E-state index is 0.134. The van der Waals surface area contributed by atoms with Gasteiger partial charge in [0.05, 0.1) is 0 Å². The van der Waals surface area contributed by atoms with E-state index in [1.165, 1.54) is 18.7 Å². The fourth-order valence-electron chi connectivity index (χ4n) is 2.22. The first-order valence-corrected chi connectivity index (χ1v) is 7.32. The van der Waals surface area contributed by atoms with Crippen molar-refractivity contribution in [1.82, 2.24) is 14.5 Å². The van der Waals surface area contributed by atoms with Gasteiger partial charge in [-0.1, -0.05) is 34.6 Å². The topological polar surface area (TPSA) is 24.0 Å². The smallest absolute Gasteiger partial charge is 0.177 e. The molecule has 0 saturated heterocycles. The Morgan fingerprint density at radius 1 is 1.28 bits per heavy atom. The van der Waals surface area contributed by atoms with Crippen molar-refractivity contribution in [2.45, 2.75) is 53.0 Å². The van der Waals surface area contributed by atoms with Crippen LogP contribution in [0, 0.1) is 4.77 Å². The predicted octanol–water partition coefficient (Wildman–Crippen LogP) is 3.58. The van der Waals surface area contributed by atoms with E-state index in [1.807, 2.05) is 0 Å². The number of hydrogen-bond donors (Lipinski definition) is 1. The van der Waals surface area contributed by atoms with Crippen molar-refractivity contribution in [2.75, 3.05) is 19.6 Å². The minimum Gasteiger partial charge on any atom is -0.337 e. The standard InChI is InChI=1S/C14H27N3S/c1-6-8-16(7-2)9-10-17-12(14(3,4)5)11-15-13(17)18/h11H,6-10H2,1-5H3,(H,15,18). The van der Waals surface area contributed by atoms with Crippen LogP contribution >= 0.6 is 12.2 Å². The molecule has 1 rings (SSSR count). The summed E-state index contributed by atoms with van der Waals surface area (Å²) in [5.41, 5.74) is 1.43. The maximum atomic E-state index is 5.38. The lowest BCUT2D eigenvalue weighted by atomic mass is 9.92. The molecule has 3 nitrogen and oxygen atoms in total. The summed E-state index contributed by atoms with van der Waals surface area (Å²) in [7, 11) is 0. The zero-order valence-corrected chi connectivity index (χ0v) is 13.2. The maximum Gasteiger partial charge on any atom is 0.177 e. The molecule has 104 valence electrons. The highest BCUT2D eigenvalue weighted by Crippen LogP contribution is 2.22. The molecule has 0 unspecified atom stereocenters.